The Morgan fingerprint density at radius 1 is 1.36 bits per heavy atom. The molecule has 14 heavy (non-hydrogen) atoms. The van der Waals surface area contributed by atoms with Gasteiger partial charge in [-0.1, -0.05) is 0 Å². The van der Waals surface area contributed by atoms with E-state index in [1.165, 1.54) is 18.5 Å². The first-order chi connectivity index (χ1) is 6.86. The van der Waals surface area contributed by atoms with Crippen molar-refractivity contribution in [1.82, 2.24) is 15.2 Å². The molecule has 0 spiro atoms. The average Bonchev–Trinajstić information content (AvgIpc) is 2.44. The maximum absolute atomic E-state index is 4.04. The Labute approximate surface area is 85.1 Å². The van der Waals surface area contributed by atoms with Gasteiger partial charge in [0.25, 0.3) is 0 Å². The van der Waals surface area contributed by atoms with Crippen LogP contribution < -0.4 is 5.32 Å². The molecular formula is C11H17N3. The lowest BCUT2D eigenvalue weighted by atomic mass is 10.1. The third-order valence-electron chi connectivity index (χ3n) is 2.79. The molecule has 1 atom stereocenters. The molecule has 3 heteroatoms. The number of pyridine rings is 1. The van der Waals surface area contributed by atoms with Gasteiger partial charge in [-0.05, 0) is 37.7 Å². The molecule has 76 valence electrons. The van der Waals surface area contributed by atoms with Crippen LogP contribution in [0.3, 0.4) is 0 Å². The molecule has 0 aliphatic carbocycles. The highest BCUT2D eigenvalue weighted by molar-refractivity contribution is 5.15. The number of nitrogens with one attached hydrogen (secondary N) is 1. The Balaban J connectivity index is 2.04. The summed E-state index contributed by atoms with van der Waals surface area (Å²) in [5, 5.41) is 3.56. The molecule has 1 saturated heterocycles. The monoisotopic (exact) mass is 191 g/mol. The second kappa shape index (κ2) is 4.53. The first-order valence-corrected chi connectivity index (χ1v) is 5.18. The fourth-order valence-electron chi connectivity index (χ4n) is 1.87. The van der Waals surface area contributed by atoms with E-state index in [0.29, 0.717) is 6.04 Å². The van der Waals surface area contributed by atoms with Crippen molar-refractivity contribution in [2.24, 2.45) is 0 Å². The summed E-state index contributed by atoms with van der Waals surface area (Å²) in [4.78, 5) is 6.41. The SMILES string of the molecule is CN1CCNC(c2ccncc2)CC1. The number of hydrogen-bond donors (Lipinski definition) is 1. The highest BCUT2D eigenvalue weighted by Gasteiger charge is 2.14. The molecule has 0 saturated carbocycles. The Bertz CT molecular complexity index is 273. The molecule has 0 amide bonds. The maximum Gasteiger partial charge on any atom is 0.0334 e. The van der Waals surface area contributed by atoms with E-state index < -0.39 is 0 Å². The zero-order valence-corrected chi connectivity index (χ0v) is 8.61. The van der Waals surface area contributed by atoms with Gasteiger partial charge in [0.15, 0.2) is 0 Å². The highest BCUT2D eigenvalue weighted by atomic mass is 15.1. The summed E-state index contributed by atoms with van der Waals surface area (Å²) < 4.78 is 0. The minimum absolute atomic E-state index is 0.503. The van der Waals surface area contributed by atoms with Crippen LogP contribution in [-0.2, 0) is 0 Å². The molecule has 1 fully saturated rings. The summed E-state index contributed by atoms with van der Waals surface area (Å²) in [5.74, 6) is 0. The average molecular weight is 191 g/mol. The summed E-state index contributed by atoms with van der Waals surface area (Å²) in [6.45, 7) is 3.38. The van der Waals surface area contributed by atoms with Crippen molar-refractivity contribution in [3.8, 4) is 0 Å². The van der Waals surface area contributed by atoms with Gasteiger partial charge in [0.2, 0.25) is 0 Å². The first-order valence-electron chi connectivity index (χ1n) is 5.18. The van der Waals surface area contributed by atoms with Crippen LogP contribution in [0.2, 0.25) is 0 Å². The second-order valence-corrected chi connectivity index (χ2v) is 3.88. The Hall–Kier alpha value is -0.930. The zero-order valence-electron chi connectivity index (χ0n) is 8.61. The van der Waals surface area contributed by atoms with E-state index in [2.05, 4.69) is 34.4 Å². The summed E-state index contributed by atoms with van der Waals surface area (Å²) in [6.07, 6.45) is 4.91. The normalized spacial score (nSPS) is 24.5. The molecule has 0 aromatic carbocycles. The summed E-state index contributed by atoms with van der Waals surface area (Å²) >= 11 is 0. The fraction of sp³-hybridized carbons (Fsp3) is 0.545. The van der Waals surface area contributed by atoms with Crippen LogP contribution in [0.25, 0.3) is 0 Å². The molecular weight excluding hydrogens is 174 g/mol. The van der Waals surface area contributed by atoms with Crippen LogP contribution in [0.5, 0.6) is 0 Å². The van der Waals surface area contributed by atoms with Crippen LogP contribution in [0.1, 0.15) is 18.0 Å². The van der Waals surface area contributed by atoms with E-state index in [4.69, 9.17) is 0 Å². The van der Waals surface area contributed by atoms with E-state index >= 15 is 0 Å². The quantitative estimate of drug-likeness (QED) is 0.719. The van der Waals surface area contributed by atoms with Gasteiger partial charge >= 0.3 is 0 Å². The Morgan fingerprint density at radius 3 is 2.93 bits per heavy atom. The summed E-state index contributed by atoms with van der Waals surface area (Å²) in [5.41, 5.74) is 1.36. The van der Waals surface area contributed by atoms with E-state index in [9.17, 15) is 0 Å². The van der Waals surface area contributed by atoms with Gasteiger partial charge in [-0.3, -0.25) is 4.98 Å². The largest absolute Gasteiger partial charge is 0.309 e. The van der Waals surface area contributed by atoms with Crippen molar-refractivity contribution >= 4 is 0 Å². The molecule has 1 aliphatic rings. The molecule has 3 nitrogen and oxygen atoms in total. The van der Waals surface area contributed by atoms with E-state index in [-0.39, 0.29) is 0 Å². The van der Waals surface area contributed by atoms with Crippen LogP contribution in [0.15, 0.2) is 24.5 Å². The molecule has 0 radical (unpaired) electrons. The van der Waals surface area contributed by atoms with Gasteiger partial charge < -0.3 is 10.2 Å². The number of rotatable bonds is 1. The first kappa shape index (κ1) is 9.62. The van der Waals surface area contributed by atoms with Crippen molar-refractivity contribution in [3.63, 3.8) is 0 Å². The van der Waals surface area contributed by atoms with Crippen molar-refractivity contribution in [2.75, 3.05) is 26.7 Å². The smallest absolute Gasteiger partial charge is 0.0334 e. The molecule has 0 bridgehead atoms. The second-order valence-electron chi connectivity index (χ2n) is 3.88. The fourth-order valence-corrected chi connectivity index (χ4v) is 1.87. The lowest BCUT2D eigenvalue weighted by molar-refractivity contribution is 0.355. The van der Waals surface area contributed by atoms with E-state index in [1.807, 2.05) is 12.4 Å². The van der Waals surface area contributed by atoms with Crippen LogP contribution in [0.4, 0.5) is 0 Å². The predicted molar refractivity (Wildman–Crippen MR) is 57.1 cm³/mol. The van der Waals surface area contributed by atoms with Crippen molar-refractivity contribution < 1.29 is 0 Å². The van der Waals surface area contributed by atoms with Gasteiger partial charge in [-0.2, -0.15) is 0 Å². The lowest BCUT2D eigenvalue weighted by Crippen LogP contribution is -2.24. The molecule has 2 heterocycles. The van der Waals surface area contributed by atoms with Gasteiger partial charge in [-0.15, -0.1) is 0 Å². The van der Waals surface area contributed by atoms with Crippen LogP contribution in [0, 0.1) is 0 Å². The van der Waals surface area contributed by atoms with Gasteiger partial charge in [0.1, 0.15) is 0 Å². The molecule has 1 aromatic heterocycles. The van der Waals surface area contributed by atoms with Gasteiger partial charge in [0, 0.05) is 31.5 Å². The topological polar surface area (TPSA) is 28.2 Å². The van der Waals surface area contributed by atoms with Crippen molar-refractivity contribution in [2.45, 2.75) is 12.5 Å². The van der Waals surface area contributed by atoms with E-state index in [0.717, 1.165) is 13.1 Å². The van der Waals surface area contributed by atoms with Gasteiger partial charge in [-0.25, -0.2) is 0 Å². The summed E-state index contributed by atoms with van der Waals surface area (Å²) in [6, 6.07) is 4.70. The maximum atomic E-state index is 4.04. The third-order valence-corrected chi connectivity index (χ3v) is 2.79. The van der Waals surface area contributed by atoms with Crippen LogP contribution in [-0.4, -0.2) is 36.6 Å². The minimum Gasteiger partial charge on any atom is -0.309 e. The predicted octanol–water partition coefficient (Wildman–Crippen LogP) is 1.05. The van der Waals surface area contributed by atoms with Gasteiger partial charge in [0.05, 0.1) is 0 Å². The summed E-state index contributed by atoms with van der Waals surface area (Å²) in [7, 11) is 2.18. The van der Waals surface area contributed by atoms with Crippen LogP contribution >= 0.6 is 0 Å². The van der Waals surface area contributed by atoms with Crippen molar-refractivity contribution in [1.29, 1.82) is 0 Å². The third kappa shape index (κ3) is 2.30. The van der Waals surface area contributed by atoms with E-state index in [1.54, 1.807) is 0 Å². The zero-order chi connectivity index (χ0) is 9.80. The highest BCUT2D eigenvalue weighted by Crippen LogP contribution is 2.17. The molecule has 1 unspecified atom stereocenters. The molecule has 2 rings (SSSR count). The Kier molecular flexibility index (Phi) is 3.11. The van der Waals surface area contributed by atoms with Crippen molar-refractivity contribution in [3.05, 3.63) is 30.1 Å². The minimum atomic E-state index is 0.503. The molecule has 1 aromatic rings. The molecule has 1 N–H and O–H groups in total. The number of nitrogens with zero attached hydrogens (tertiary/aromatic N) is 2. The standard InChI is InChI=1S/C11H17N3/c1-14-8-4-11(13-7-9-14)10-2-5-12-6-3-10/h2-3,5-6,11,13H,4,7-9H2,1H3. The Morgan fingerprint density at radius 2 is 2.14 bits per heavy atom. The number of likely N-dealkylation sites (N-methyl/N-ethyl adjacent to an activating group) is 1. The molecule has 1 aliphatic heterocycles. The number of aromatic nitrogens is 1. The lowest BCUT2D eigenvalue weighted by Gasteiger charge is -2.15. The number of hydrogen-bond acceptors (Lipinski definition) is 3.